The Balaban J connectivity index is 2.07. The molecule has 0 saturated carbocycles. The Labute approximate surface area is 127 Å². The Morgan fingerprint density at radius 1 is 1.20 bits per heavy atom. The van der Waals surface area contributed by atoms with Crippen molar-refractivity contribution >= 4 is 27.3 Å². The van der Waals surface area contributed by atoms with E-state index in [4.69, 9.17) is 5.84 Å². The molecule has 0 aliphatic heterocycles. The average Bonchev–Trinajstić information content (AvgIpc) is 2.82. The van der Waals surface area contributed by atoms with Gasteiger partial charge in [0.1, 0.15) is 5.75 Å². The number of rotatable bonds is 6. The minimum absolute atomic E-state index is 0.0823. The van der Waals surface area contributed by atoms with Crippen LogP contribution in [0.15, 0.2) is 40.2 Å². The number of benzene rings is 1. The number of thiophene rings is 1. The molecule has 20 heavy (non-hydrogen) atoms. The van der Waals surface area contributed by atoms with Gasteiger partial charge in [0.25, 0.3) is 0 Å². The third-order valence-corrected chi connectivity index (χ3v) is 4.39. The second-order valence-corrected chi connectivity index (χ2v) is 6.62. The van der Waals surface area contributed by atoms with E-state index in [1.807, 2.05) is 12.1 Å². The Hall–Kier alpha value is -1.02. The van der Waals surface area contributed by atoms with Crippen LogP contribution in [0.1, 0.15) is 16.5 Å². The van der Waals surface area contributed by atoms with Crippen LogP contribution in [0.25, 0.3) is 0 Å². The van der Waals surface area contributed by atoms with Gasteiger partial charge in [-0.3, -0.25) is 11.3 Å². The number of hydrogen-bond acceptors (Lipinski definition) is 4. The number of nitrogens with two attached hydrogens (primary N) is 1. The lowest BCUT2D eigenvalue weighted by molar-refractivity contribution is -0.0498. The number of hydrazine groups is 1. The standard InChI is InChI=1S/C13H13BrF2N2OS/c14-12-6-5-10(20-12)7-11(18-17)8-1-3-9(4-2-8)19-13(15)16/h1-6,11,13,18H,7,17H2. The average molecular weight is 363 g/mol. The molecule has 0 amide bonds. The number of nitrogens with one attached hydrogen (secondary N) is 1. The molecule has 0 saturated heterocycles. The van der Waals surface area contributed by atoms with Crippen molar-refractivity contribution in [3.8, 4) is 5.75 Å². The Morgan fingerprint density at radius 2 is 1.90 bits per heavy atom. The van der Waals surface area contributed by atoms with E-state index in [0.717, 1.165) is 15.8 Å². The summed E-state index contributed by atoms with van der Waals surface area (Å²) in [5.41, 5.74) is 3.65. The van der Waals surface area contributed by atoms with E-state index >= 15 is 0 Å². The maximum absolute atomic E-state index is 12.1. The number of ether oxygens (including phenoxy) is 1. The lowest BCUT2D eigenvalue weighted by Gasteiger charge is -2.16. The van der Waals surface area contributed by atoms with Crippen LogP contribution in [0.5, 0.6) is 5.75 Å². The van der Waals surface area contributed by atoms with Gasteiger partial charge in [0, 0.05) is 11.3 Å². The maximum Gasteiger partial charge on any atom is 0.387 e. The fraction of sp³-hybridized carbons (Fsp3) is 0.231. The molecule has 0 aliphatic rings. The third kappa shape index (κ3) is 4.24. The van der Waals surface area contributed by atoms with Crippen molar-refractivity contribution in [3.05, 3.63) is 50.6 Å². The van der Waals surface area contributed by atoms with Gasteiger partial charge >= 0.3 is 6.61 Å². The van der Waals surface area contributed by atoms with E-state index in [0.29, 0.717) is 0 Å². The van der Waals surface area contributed by atoms with Crippen molar-refractivity contribution in [2.24, 2.45) is 5.84 Å². The van der Waals surface area contributed by atoms with Gasteiger partial charge in [-0.1, -0.05) is 12.1 Å². The van der Waals surface area contributed by atoms with Gasteiger partial charge in [0.2, 0.25) is 0 Å². The van der Waals surface area contributed by atoms with Crippen molar-refractivity contribution in [2.75, 3.05) is 0 Å². The second kappa shape index (κ2) is 7.12. The molecule has 0 radical (unpaired) electrons. The first-order valence-electron chi connectivity index (χ1n) is 5.83. The van der Waals surface area contributed by atoms with Crippen LogP contribution in [0.2, 0.25) is 0 Å². The van der Waals surface area contributed by atoms with Gasteiger partial charge in [0.05, 0.1) is 9.83 Å². The molecule has 0 aliphatic carbocycles. The SMILES string of the molecule is NNC(Cc1ccc(Br)s1)c1ccc(OC(F)F)cc1. The van der Waals surface area contributed by atoms with Gasteiger partial charge in [-0.05, 0) is 45.8 Å². The van der Waals surface area contributed by atoms with E-state index in [9.17, 15) is 8.78 Å². The maximum atomic E-state index is 12.1. The molecule has 3 nitrogen and oxygen atoms in total. The van der Waals surface area contributed by atoms with Crippen molar-refractivity contribution in [3.63, 3.8) is 0 Å². The Morgan fingerprint density at radius 3 is 2.40 bits per heavy atom. The van der Waals surface area contributed by atoms with Crippen LogP contribution < -0.4 is 16.0 Å². The minimum Gasteiger partial charge on any atom is -0.435 e. The first-order chi connectivity index (χ1) is 9.58. The lowest BCUT2D eigenvalue weighted by atomic mass is 10.0. The molecular formula is C13H13BrF2N2OS. The molecule has 0 bridgehead atoms. The van der Waals surface area contributed by atoms with Crippen molar-refractivity contribution in [1.82, 2.24) is 5.43 Å². The summed E-state index contributed by atoms with van der Waals surface area (Å²) in [5.74, 6) is 5.71. The van der Waals surface area contributed by atoms with E-state index in [1.54, 1.807) is 23.5 Å². The summed E-state index contributed by atoms with van der Waals surface area (Å²) < 4.78 is 29.5. The van der Waals surface area contributed by atoms with Crippen molar-refractivity contribution in [2.45, 2.75) is 19.1 Å². The zero-order chi connectivity index (χ0) is 14.5. The van der Waals surface area contributed by atoms with Crippen LogP contribution in [0.3, 0.4) is 0 Å². The Kier molecular flexibility index (Phi) is 5.47. The van der Waals surface area contributed by atoms with Crippen LogP contribution in [-0.2, 0) is 6.42 Å². The van der Waals surface area contributed by atoms with Crippen LogP contribution in [-0.4, -0.2) is 6.61 Å². The zero-order valence-electron chi connectivity index (χ0n) is 10.4. The molecule has 1 atom stereocenters. The number of hydrogen-bond donors (Lipinski definition) is 2. The molecule has 108 valence electrons. The largest absolute Gasteiger partial charge is 0.435 e. The highest BCUT2D eigenvalue weighted by Crippen LogP contribution is 2.27. The smallest absolute Gasteiger partial charge is 0.387 e. The third-order valence-electron chi connectivity index (χ3n) is 2.74. The normalized spacial score (nSPS) is 12.7. The predicted molar refractivity (Wildman–Crippen MR) is 78.9 cm³/mol. The summed E-state index contributed by atoms with van der Waals surface area (Å²) >= 11 is 5.05. The van der Waals surface area contributed by atoms with Crippen LogP contribution >= 0.6 is 27.3 Å². The first-order valence-corrected chi connectivity index (χ1v) is 7.44. The Bertz CT molecular complexity index is 548. The summed E-state index contributed by atoms with van der Waals surface area (Å²) in [5, 5.41) is 0. The number of alkyl halides is 2. The quantitative estimate of drug-likeness (QED) is 0.605. The summed E-state index contributed by atoms with van der Waals surface area (Å²) in [6, 6.07) is 10.4. The van der Waals surface area contributed by atoms with E-state index in [-0.39, 0.29) is 11.8 Å². The molecule has 2 rings (SSSR count). The van der Waals surface area contributed by atoms with Gasteiger partial charge in [-0.15, -0.1) is 11.3 Å². The molecule has 0 fully saturated rings. The van der Waals surface area contributed by atoms with E-state index in [2.05, 4.69) is 26.1 Å². The molecule has 1 aromatic carbocycles. The molecule has 1 unspecified atom stereocenters. The highest BCUT2D eigenvalue weighted by atomic mass is 79.9. The van der Waals surface area contributed by atoms with Crippen LogP contribution in [0, 0.1) is 0 Å². The monoisotopic (exact) mass is 362 g/mol. The summed E-state index contributed by atoms with van der Waals surface area (Å²) in [4.78, 5) is 1.17. The topological polar surface area (TPSA) is 47.3 Å². The number of halogens is 3. The fourth-order valence-corrected chi connectivity index (χ4v) is 3.35. The molecule has 0 spiro atoms. The predicted octanol–water partition coefficient (Wildman–Crippen LogP) is 3.86. The highest BCUT2D eigenvalue weighted by molar-refractivity contribution is 9.11. The van der Waals surface area contributed by atoms with Gasteiger partial charge in [0.15, 0.2) is 0 Å². The zero-order valence-corrected chi connectivity index (χ0v) is 12.8. The van der Waals surface area contributed by atoms with Crippen molar-refractivity contribution < 1.29 is 13.5 Å². The summed E-state index contributed by atoms with van der Waals surface area (Å²) in [6.07, 6.45) is 0.724. The summed E-state index contributed by atoms with van der Waals surface area (Å²) in [7, 11) is 0. The van der Waals surface area contributed by atoms with E-state index < -0.39 is 6.61 Å². The van der Waals surface area contributed by atoms with Gasteiger partial charge in [-0.2, -0.15) is 8.78 Å². The lowest BCUT2D eigenvalue weighted by Crippen LogP contribution is -2.29. The molecule has 7 heteroatoms. The van der Waals surface area contributed by atoms with Gasteiger partial charge in [-0.25, -0.2) is 0 Å². The van der Waals surface area contributed by atoms with Crippen molar-refractivity contribution in [1.29, 1.82) is 0 Å². The van der Waals surface area contributed by atoms with Crippen LogP contribution in [0.4, 0.5) is 8.78 Å². The highest BCUT2D eigenvalue weighted by Gasteiger charge is 2.12. The molecule has 2 aromatic rings. The van der Waals surface area contributed by atoms with E-state index in [1.165, 1.54) is 17.0 Å². The minimum atomic E-state index is -2.81. The fourth-order valence-electron chi connectivity index (χ4n) is 1.82. The molecule has 1 aromatic heterocycles. The first kappa shape index (κ1) is 15.4. The second-order valence-electron chi connectivity index (χ2n) is 4.08. The molecule has 3 N–H and O–H groups in total. The van der Waals surface area contributed by atoms with Gasteiger partial charge < -0.3 is 4.74 Å². The molecular weight excluding hydrogens is 350 g/mol. The molecule has 1 heterocycles. The summed E-state index contributed by atoms with van der Waals surface area (Å²) in [6.45, 7) is -2.81.